The lowest BCUT2D eigenvalue weighted by molar-refractivity contribution is -0.149. The van der Waals surface area contributed by atoms with Gasteiger partial charge in [0.05, 0.1) is 18.1 Å². The number of esters is 1. The number of likely N-dealkylation sites (tertiary alicyclic amines) is 1. The van der Waals surface area contributed by atoms with Gasteiger partial charge >= 0.3 is 5.97 Å². The Kier molecular flexibility index (Phi) is 7.57. The van der Waals surface area contributed by atoms with Crippen molar-refractivity contribution < 1.29 is 23.5 Å². The normalized spacial score (nSPS) is 26.7. The van der Waals surface area contributed by atoms with Crippen molar-refractivity contribution >= 4 is 18.0 Å². The SMILES string of the molecule is C=CCN1CC[C@@]2(c3cccc(OC(C)=O)c3)C[C@H](NC(=O)/C=C/c3ccoc3)CC[C@]2(OC)C1. The molecule has 2 fully saturated rings. The Morgan fingerprint density at radius 2 is 2.17 bits per heavy atom. The molecular formula is C28H34N2O5. The maximum atomic E-state index is 12.7. The second kappa shape index (κ2) is 10.6. The van der Waals surface area contributed by atoms with Gasteiger partial charge in [0.1, 0.15) is 5.75 Å². The number of piperidine rings is 1. The van der Waals surface area contributed by atoms with Crippen LogP contribution in [0, 0.1) is 0 Å². The molecule has 0 bridgehead atoms. The second-order valence-electron chi connectivity index (χ2n) is 9.51. The third-order valence-corrected chi connectivity index (χ3v) is 7.44. The van der Waals surface area contributed by atoms with E-state index in [1.165, 1.54) is 6.92 Å². The van der Waals surface area contributed by atoms with E-state index in [0.717, 1.165) is 56.4 Å². The van der Waals surface area contributed by atoms with Crippen LogP contribution in [-0.2, 0) is 19.7 Å². The minimum absolute atomic E-state index is 0.0110. The number of furan rings is 1. The van der Waals surface area contributed by atoms with Gasteiger partial charge in [-0.15, -0.1) is 6.58 Å². The summed E-state index contributed by atoms with van der Waals surface area (Å²) in [5, 5.41) is 3.21. The van der Waals surface area contributed by atoms with Crippen LogP contribution in [0.5, 0.6) is 5.75 Å². The monoisotopic (exact) mass is 478 g/mol. The lowest BCUT2D eigenvalue weighted by Crippen LogP contribution is -2.67. The summed E-state index contributed by atoms with van der Waals surface area (Å²) in [6.07, 6.45) is 11.6. The molecule has 4 rings (SSSR count). The molecule has 7 nitrogen and oxygen atoms in total. The largest absolute Gasteiger partial charge is 0.472 e. The molecule has 2 heterocycles. The Labute approximate surface area is 206 Å². The number of hydrogen-bond donors (Lipinski definition) is 1. The molecule has 1 aromatic carbocycles. The van der Waals surface area contributed by atoms with Gasteiger partial charge in [0.15, 0.2) is 0 Å². The highest BCUT2D eigenvalue weighted by molar-refractivity contribution is 5.91. The van der Waals surface area contributed by atoms with E-state index < -0.39 is 5.60 Å². The predicted octanol–water partition coefficient (Wildman–Crippen LogP) is 4.10. The van der Waals surface area contributed by atoms with Gasteiger partial charge in [0.25, 0.3) is 0 Å². The summed E-state index contributed by atoms with van der Waals surface area (Å²) in [7, 11) is 1.79. The second-order valence-corrected chi connectivity index (χ2v) is 9.51. The van der Waals surface area contributed by atoms with Gasteiger partial charge in [-0.3, -0.25) is 14.5 Å². The number of carbonyl (C=O) groups is 2. The molecule has 1 N–H and O–H groups in total. The fraction of sp³-hybridized carbons (Fsp3) is 0.429. The average Bonchev–Trinajstić information content (AvgIpc) is 3.36. The summed E-state index contributed by atoms with van der Waals surface area (Å²) < 4.78 is 16.8. The predicted molar refractivity (Wildman–Crippen MR) is 134 cm³/mol. The zero-order chi connectivity index (χ0) is 24.9. The maximum absolute atomic E-state index is 12.7. The Bertz CT molecular complexity index is 1080. The molecule has 35 heavy (non-hydrogen) atoms. The van der Waals surface area contributed by atoms with Crippen LogP contribution in [0.2, 0.25) is 0 Å². The first-order valence-corrected chi connectivity index (χ1v) is 12.1. The number of benzene rings is 1. The Morgan fingerprint density at radius 1 is 1.31 bits per heavy atom. The Hall–Kier alpha value is -3.16. The molecule has 1 amide bonds. The van der Waals surface area contributed by atoms with E-state index in [2.05, 4.69) is 22.9 Å². The Morgan fingerprint density at radius 3 is 2.89 bits per heavy atom. The number of fused-ring (bicyclic) bond motifs is 1. The number of methoxy groups -OCH3 is 1. The van der Waals surface area contributed by atoms with Gasteiger partial charge in [-0.1, -0.05) is 18.2 Å². The fourth-order valence-electron chi connectivity index (χ4n) is 5.87. The summed E-state index contributed by atoms with van der Waals surface area (Å²) in [5.74, 6) is 0.0442. The van der Waals surface area contributed by atoms with Crippen LogP contribution in [0.3, 0.4) is 0 Å². The van der Waals surface area contributed by atoms with E-state index in [1.54, 1.807) is 43.9 Å². The van der Waals surface area contributed by atoms with E-state index >= 15 is 0 Å². The van der Waals surface area contributed by atoms with Crippen LogP contribution in [0.4, 0.5) is 0 Å². The number of hydrogen-bond acceptors (Lipinski definition) is 6. The smallest absolute Gasteiger partial charge is 0.308 e. The quantitative estimate of drug-likeness (QED) is 0.266. The van der Waals surface area contributed by atoms with Crippen molar-refractivity contribution in [2.75, 3.05) is 26.7 Å². The lowest BCUT2D eigenvalue weighted by Gasteiger charge is -2.59. The van der Waals surface area contributed by atoms with Crippen molar-refractivity contribution in [3.63, 3.8) is 0 Å². The van der Waals surface area contributed by atoms with Crippen LogP contribution in [0.15, 0.2) is 66.0 Å². The fourth-order valence-corrected chi connectivity index (χ4v) is 5.87. The minimum atomic E-state index is -0.434. The van der Waals surface area contributed by atoms with Crippen molar-refractivity contribution in [2.45, 2.75) is 49.7 Å². The topological polar surface area (TPSA) is 81.0 Å². The van der Waals surface area contributed by atoms with E-state index in [1.807, 2.05) is 18.2 Å². The van der Waals surface area contributed by atoms with E-state index in [0.29, 0.717) is 5.75 Å². The Balaban J connectivity index is 1.64. The van der Waals surface area contributed by atoms with Gasteiger partial charge in [-0.2, -0.15) is 0 Å². The zero-order valence-corrected chi connectivity index (χ0v) is 20.5. The van der Waals surface area contributed by atoms with Crippen LogP contribution in [-0.4, -0.2) is 55.2 Å². The summed E-state index contributed by atoms with van der Waals surface area (Å²) in [4.78, 5) is 26.7. The highest BCUT2D eigenvalue weighted by atomic mass is 16.5. The summed E-state index contributed by atoms with van der Waals surface area (Å²) in [5.41, 5.74) is 1.14. The minimum Gasteiger partial charge on any atom is -0.472 e. The molecule has 1 aliphatic heterocycles. The molecule has 1 aliphatic carbocycles. The van der Waals surface area contributed by atoms with E-state index in [9.17, 15) is 9.59 Å². The summed E-state index contributed by atoms with van der Waals surface area (Å²) in [6, 6.07) is 9.57. The first kappa shape index (κ1) is 24.9. The van der Waals surface area contributed by atoms with E-state index in [-0.39, 0.29) is 23.3 Å². The van der Waals surface area contributed by atoms with Crippen molar-refractivity contribution in [2.24, 2.45) is 0 Å². The highest BCUT2D eigenvalue weighted by Gasteiger charge is 2.58. The molecule has 2 aliphatic rings. The van der Waals surface area contributed by atoms with Crippen LogP contribution in [0.1, 0.15) is 43.7 Å². The van der Waals surface area contributed by atoms with Gasteiger partial charge in [-0.05, 0) is 62.1 Å². The molecule has 1 aromatic heterocycles. The van der Waals surface area contributed by atoms with Crippen LogP contribution < -0.4 is 10.1 Å². The molecule has 0 spiro atoms. The zero-order valence-electron chi connectivity index (χ0n) is 20.5. The number of nitrogens with one attached hydrogen (secondary N) is 1. The number of nitrogens with zero attached hydrogens (tertiary/aromatic N) is 1. The molecule has 1 saturated carbocycles. The van der Waals surface area contributed by atoms with Crippen molar-refractivity contribution in [1.82, 2.24) is 10.2 Å². The van der Waals surface area contributed by atoms with Crippen molar-refractivity contribution in [3.05, 3.63) is 72.7 Å². The molecule has 2 aromatic rings. The average molecular weight is 479 g/mol. The molecule has 0 unspecified atom stereocenters. The van der Waals surface area contributed by atoms with Crippen LogP contribution in [0.25, 0.3) is 6.08 Å². The number of amides is 1. The third kappa shape index (κ3) is 5.26. The van der Waals surface area contributed by atoms with Crippen LogP contribution >= 0.6 is 0 Å². The van der Waals surface area contributed by atoms with Gasteiger partial charge < -0.3 is 19.2 Å². The van der Waals surface area contributed by atoms with Crippen molar-refractivity contribution in [3.8, 4) is 5.75 Å². The van der Waals surface area contributed by atoms with Crippen molar-refractivity contribution in [1.29, 1.82) is 0 Å². The molecular weight excluding hydrogens is 444 g/mol. The number of carbonyl (C=O) groups excluding carboxylic acids is 2. The first-order chi connectivity index (χ1) is 16.9. The number of ether oxygens (including phenoxy) is 2. The molecule has 7 heteroatoms. The molecule has 1 saturated heterocycles. The number of rotatable bonds is 8. The first-order valence-electron chi connectivity index (χ1n) is 12.1. The lowest BCUT2D eigenvalue weighted by atomic mass is 9.55. The standard InChI is InChI=1S/C28H34N2O5/c1-4-14-30-15-13-27(23-6-5-7-25(17-23)35-21(2)31)18-24(10-12-28(27,20-30)33-3)29-26(32)9-8-22-11-16-34-19-22/h4-9,11,16-17,19,24H,1,10,12-15,18,20H2,2-3H3,(H,29,32)/b9-8+/t24-,27+,28+/m1/s1. The summed E-state index contributed by atoms with van der Waals surface area (Å²) in [6.45, 7) is 7.77. The molecule has 0 radical (unpaired) electrons. The van der Waals surface area contributed by atoms with Gasteiger partial charge in [0, 0.05) is 50.2 Å². The molecule has 3 atom stereocenters. The van der Waals surface area contributed by atoms with E-state index in [4.69, 9.17) is 13.9 Å². The molecule has 186 valence electrons. The van der Waals surface area contributed by atoms with Gasteiger partial charge in [0.2, 0.25) is 5.91 Å². The highest BCUT2D eigenvalue weighted by Crippen LogP contribution is 2.53. The summed E-state index contributed by atoms with van der Waals surface area (Å²) >= 11 is 0. The third-order valence-electron chi connectivity index (χ3n) is 7.44. The maximum Gasteiger partial charge on any atom is 0.308 e. The van der Waals surface area contributed by atoms with Gasteiger partial charge in [-0.25, -0.2) is 0 Å².